The SMILES string of the molecule is Cc1nn(CCC(=O)O)c(C)c1NC(=O)CC1=CCCCC1. The highest BCUT2D eigenvalue weighted by Gasteiger charge is 2.16. The number of anilines is 1. The summed E-state index contributed by atoms with van der Waals surface area (Å²) in [6.45, 7) is 3.97. The molecule has 0 aromatic carbocycles. The molecule has 0 atom stereocenters. The number of carboxylic acids is 1. The van der Waals surface area contributed by atoms with Crippen LogP contribution in [0.25, 0.3) is 0 Å². The topological polar surface area (TPSA) is 84.2 Å². The van der Waals surface area contributed by atoms with Crippen molar-refractivity contribution >= 4 is 17.6 Å². The molecule has 0 aliphatic heterocycles. The predicted octanol–water partition coefficient (Wildman–Crippen LogP) is 2.80. The summed E-state index contributed by atoms with van der Waals surface area (Å²) in [5.41, 5.74) is 3.42. The number of allylic oxidation sites excluding steroid dienone is 1. The lowest BCUT2D eigenvalue weighted by Crippen LogP contribution is -2.14. The number of hydrogen-bond donors (Lipinski definition) is 2. The molecule has 1 aromatic rings. The zero-order valence-electron chi connectivity index (χ0n) is 13.2. The molecule has 6 heteroatoms. The lowest BCUT2D eigenvalue weighted by Gasteiger charge is -2.12. The molecule has 0 saturated carbocycles. The van der Waals surface area contributed by atoms with Crippen LogP contribution in [0.2, 0.25) is 0 Å². The molecule has 1 aliphatic rings. The Morgan fingerprint density at radius 1 is 1.36 bits per heavy atom. The Kier molecular flexibility index (Phi) is 5.35. The van der Waals surface area contributed by atoms with Crippen LogP contribution in [-0.4, -0.2) is 26.8 Å². The van der Waals surface area contributed by atoms with Gasteiger partial charge in [-0.2, -0.15) is 5.10 Å². The number of aryl methyl sites for hydroxylation is 2. The van der Waals surface area contributed by atoms with Gasteiger partial charge in [-0.3, -0.25) is 14.3 Å². The van der Waals surface area contributed by atoms with Gasteiger partial charge in [-0.25, -0.2) is 0 Å². The van der Waals surface area contributed by atoms with Crippen molar-refractivity contribution in [2.24, 2.45) is 0 Å². The van der Waals surface area contributed by atoms with Crippen LogP contribution < -0.4 is 5.32 Å². The predicted molar refractivity (Wildman–Crippen MR) is 83.8 cm³/mol. The molecule has 0 spiro atoms. The maximum absolute atomic E-state index is 12.2. The molecule has 22 heavy (non-hydrogen) atoms. The Balaban J connectivity index is 2.01. The fourth-order valence-electron chi connectivity index (χ4n) is 2.75. The minimum absolute atomic E-state index is 0.0161. The number of nitrogens with zero attached hydrogens (tertiary/aromatic N) is 2. The van der Waals surface area contributed by atoms with Gasteiger partial charge in [0.1, 0.15) is 0 Å². The van der Waals surface area contributed by atoms with Gasteiger partial charge in [0, 0.05) is 6.42 Å². The maximum Gasteiger partial charge on any atom is 0.305 e. The van der Waals surface area contributed by atoms with Gasteiger partial charge in [0.25, 0.3) is 0 Å². The van der Waals surface area contributed by atoms with E-state index in [1.54, 1.807) is 4.68 Å². The molecule has 1 heterocycles. The van der Waals surface area contributed by atoms with Crippen molar-refractivity contribution < 1.29 is 14.7 Å². The van der Waals surface area contributed by atoms with E-state index in [4.69, 9.17) is 5.11 Å². The Morgan fingerprint density at radius 2 is 2.14 bits per heavy atom. The van der Waals surface area contributed by atoms with Crippen LogP contribution >= 0.6 is 0 Å². The molecule has 1 aliphatic carbocycles. The number of aromatic nitrogens is 2. The number of amides is 1. The van der Waals surface area contributed by atoms with E-state index in [9.17, 15) is 9.59 Å². The number of carbonyl (C=O) groups is 2. The van der Waals surface area contributed by atoms with E-state index in [2.05, 4.69) is 16.5 Å². The Bertz CT molecular complexity index is 602. The second-order valence-corrected chi connectivity index (χ2v) is 5.75. The summed E-state index contributed by atoms with van der Waals surface area (Å²) in [7, 11) is 0. The summed E-state index contributed by atoms with van der Waals surface area (Å²) in [5, 5.41) is 16.0. The van der Waals surface area contributed by atoms with Crippen molar-refractivity contribution in [1.29, 1.82) is 0 Å². The largest absolute Gasteiger partial charge is 0.481 e. The molecule has 1 aromatic heterocycles. The van der Waals surface area contributed by atoms with Gasteiger partial charge in [0.2, 0.25) is 5.91 Å². The van der Waals surface area contributed by atoms with Crippen LogP contribution in [0.1, 0.15) is 49.9 Å². The number of nitrogens with one attached hydrogen (secondary N) is 1. The number of carboxylic acid groups (broad SMARTS) is 1. The average molecular weight is 305 g/mol. The third kappa shape index (κ3) is 4.19. The second kappa shape index (κ2) is 7.24. The van der Waals surface area contributed by atoms with E-state index >= 15 is 0 Å². The summed E-state index contributed by atoms with van der Waals surface area (Å²) in [5.74, 6) is -0.889. The van der Waals surface area contributed by atoms with Crippen molar-refractivity contribution in [3.8, 4) is 0 Å². The van der Waals surface area contributed by atoms with Crippen LogP contribution in [-0.2, 0) is 16.1 Å². The molecular weight excluding hydrogens is 282 g/mol. The first kappa shape index (κ1) is 16.3. The molecule has 120 valence electrons. The maximum atomic E-state index is 12.2. The number of rotatable bonds is 6. The lowest BCUT2D eigenvalue weighted by molar-refractivity contribution is -0.137. The van der Waals surface area contributed by atoms with Crippen LogP contribution in [0.5, 0.6) is 0 Å². The van der Waals surface area contributed by atoms with Crippen LogP contribution in [0.4, 0.5) is 5.69 Å². The minimum Gasteiger partial charge on any atom is -0.481 e. The first-order chi connectivity index (χ1) is 10.5. The van der Waals surface area contributed by atoms with Gasteiger partial charge >= 0.3 is 5.97 Å². The van der Waals surface area contributed by atoms with Crippen LogP contribution in [0.15, 0.2) is 11.6 Å². The van der Waals surface area contributed by atoms with Gasteiger partial charge in [0.05, 0.1) is 30.0 Å². The Hall–Kier alpha value is -2.11. The lowest BCUT2D eigenvalue weighted by atomic mass is 9.97. The molecule has 0 bridgehead atoms. The van der Waals surface area contributed by atoms with Gasteiger partial charge < -0.3 is 10.4 Å². The summed E-state index contributed by atoms with van der Waals surface area (Å²) < 4.78 is 1.64. The fourth-order valence-corrected chi connectivity index (χ4v) is 2.75. The smallest absolute Gasteiger partial charge is 0.305 e. The summed E-state index contributed by atoms with van der Waals surface area (Å²) >= 11 is 0. The van der Waals surface area contributed by atoms with E-state index in [-0.39, 0.29) is 12.3 Å². The number of hydrogen-bond acceptors (Lipinski definition) is 3. The highest BCUT2D eigenvalue weighted by Crippen LogP contribution is 2.23. The summed E-state index contributed by atoms with van der Waals surface area (Å²) in [4.78, 5) is 22.8. The monoisotopic (exact) mass is 305 g/mol. The summed E-state index contributed by atoms with van der Waals surface area (Å²) in [6.07, 6.45) is 7.04. The molecule has 0 unspecified atom stereocenters. The van der Waals surface area contributed by atoms with Crippen molar-refractivity contribution in [2.75, 3.05) is 5.32 Å². The summed E-state index contributed by atoms with van der Waals surface area (Å²) in [6, 6.07) is 0. The molecule has 2 N–H and O–H groups in total. The van der Waals surface area contributed by atoms with Gasteiger partial charge in [-0.1, -0.05) is 11.6 Å². The molecule has 6 nitrogen and oxygen atoms in total. The van der Waals surface area contributed by atoms with E-state index in [0.717, 1.165) is 25.0 Å². The third-order valence-electron chi connectivity index (χ3n) is 3.96. The van der Waals surface area contributed by atoms with E-state index in [1.165, 1.54) is 12.0 Å². The Morgan fingerprint density at radius 3 is 2.77 bits per heavy atom. The van der Waals surface area contributed by atoms with Gasteiger partial charge in [0.15, 0.2) is 0 Å². The van der Waals surface area contributed by atoms with E-state index in [1.807, 2.05) is 13.8 Å². The molecule has 1 amide bonds. The van der Waals surface area contributed by atoms with Gasteiger partial charge in [-0.05, 0) is 39.5 Å². The van der Waals surface area contributed by atoms with E-state index < -0.39 is 5.97 Å². The van der Waals surface area contributed by atoms with Crippen LogP contribution in [0.3, 0.4) is 0 Å². The van der Waals surface area contributed by atoms with Crippen LogP contribution in [0, 0.1) is 13.8 Å². The first-order valence-electron chi connectivity index (χ1n) is 7.71. The van der Waals surface area contributed by atoms with Crippen molar-refractivity contribution in [3.63, 3.8) is 0 Å². The second-order valence-electron chi connectivity index (χ2n) is 5.75. The highest BCUT2D eigenvalue weighted by molar-refractivity contribution is 5.93. The van der Waals surface area contributed by atoms with E-state index in [0.29, 0.717) is 24.3 Å². The quantitative estimate of drug-likeness (QED) is 0.791. The first-order valence-corrected chi connectivity index (χ1v) is 7.71. The molecular formula is C16H23N3O3. The molecule has 0 saturated heterocycles. The molecule has 2 rings (SSSR count). The Labute approximate surface area is 130 Å². The standard InChI is InChI=1S/C16H23N3O3/c1-11-16(12(2)19(18-11)9-8-15(21)22)17-14(20)10-13-6-4-3-5-7-13/h6H,3-5,7-10H2,1-2H3,(H,17,20)(H,21,22). The molecule has 0 fully saturated rings. The zero-order valence-corrected chi connectivity index (χ0v) is 13.2. The van der Waals surface area contributed by atoms with Crippen molar-refractivity contribution in [1.82, 2.24) is 9.78 Å². The van der Waals surface area contributed by atoms with Crippen molar-refractivity contribution in [3.05, 3.63) is 23.0 Å². The average Bonchev–Trinajstić information content (AvgIpc) is 2.73. The number of carbonyl (C=O) groups excluding carboxylic acids is 1. The third-order valence-corrected chi connectivity index (χ3v) is 3.96. The van der Waals surface area contributed by atoms with Crippen molar-refractivity contribution in [2.45, 2.75) is 58.9 Å². The fraction of sp³-hybridized carbons (Fsp3) is 0.562. The van der Waals surface area contributed by atoms with Gasteiger partial charge in [-0.15, -0.1) is 0 Å². The highest BCUT2D eigenvalue weighted by atomic mass is 16.4. The minimum atomic E-state index is -0.859. The number of aliphatic carboxylic acids is 1. The normalized spacial score (nSPS) is 14.5. The zero-order chi connectivity index (χ0) is 16.1. The molecule has 0 radical (unpaired) electrons.